The number of amides is 1. The number of fused-ring (bicyclic) bond motifs is 1. The average molecular weight is 366 g/mol. The van der Waals surface area contributed by atoms with Gasteiger partial charge in [0.1, 0.15) is 5.75 Å². The summed E-state index contributed by atoms with van der Waals surface area (Å²) in [4.78, 5) is 16.5. The van der Waals surface area contributed by atoms with Gasteiger partial charge in [-0.1, -0.05) is 18.2 Å². The molecular formula is C21H26N4O2. The SMILES string of the molecule is COc1cccc(C(=O)NCCN=C(N)Nc2cccc3c2CCCC3)c1. The predicted molar refractivity (Wildman–Crippen MR) is 109 cm³/mol. The number of nitrogens with two attached hydrogens (primary N) is 1. The number of ether oxygens (including phenoxy) is 1. The molecule has 6 heteroatoms. The standard InChI is InChI=1S/C21H26N4O2/c1-27-17-9-4-8-16(14-17)20(26)23-12-13-24-21(22)25-19-11-5-7-15-6-2-3-10-18(15)19/h4-5,7-9,11,14H,2-3,6,10,12-13H2,1H3,(H,23,26)(H3,22,24,25). The van der Waals surface area contributed by atoms with Crippen LogP contribution in [-0.4, -0.2) is 32.1 Å². The molecular weight excluding hydrogens is 340 g/mol. The molecule has 0 aliphatic heterocycles. The van der Waals surface area contributed by atoms with Gasteiger partial charge in [0.05, 0.1) is 13.7 Å². The molecule has 0 heterocycles. The summed E-state index contributed by atoms with van der Waals surface area (Å²) in [6.45, 7) is 0.814. The molecule has 0 spiro atoms. The van der Waals surface area contributed by atoms with E-state index in [9.17, 15) is 4.79 Å². The van der Waals surface area contributed by atoms with Gasteiger partial charge in [-0.15, -0.1) is 0 Å². The van der Waals surface area contributed by atoms with Gasteiger partial charge in [-0.3, -0.25) is 9.79 Å². The second kappa shape index (κ2) is 9.07. The first-order valence-corrected chi connectivity index (χ1v) is 9.27. The molecule has 0 fully saturated rings. The number of guanidine groups is 1. The molecule has 6 nitrogen and oxygen atoms in total. The summed E-state index contributed by atoms with van der Waals surface area (Å²) in [6, 6.07) is 13.3. The third-order valence-electron chi connectivity index (χ3n) is 4.67. The van der Waals surface area contributed by atoms with Crippen molar-refractivity contribution < 1.29 is 9.53 Å². The Labute approximate surface area is 159 Å². The lowest BCUT2D eigenvalue weighted by Crippen LogP contribution is -2.28. The summed E-state index contributed by atoms with van der Waals surface area (Å²) in [5.74, 6) is 0.859. The van der Waals surface area contributed by atoms with Crippen LogP contribution in [0.4, 0.5) is 5.69 Å². The number of nitrogens with one attached hydrogen (secondary N) is 2. The van der Waals surface area contributed by atoms with Gasteiger partial charge in [0.2, 0.25) is 0 Å². The maximum absolute atomic E-state index is 12.1. The first-order chi connectivity index (χ1) is 13.2. The third-order valence-corrected chi connectivity index (χ3v) is 4.67. The van der Waals surface area contributed by atoms with Crippen LogP contribution in [-0.2, 0) is 12.8 Å². The molecule has 1 aliphatic carbocycles. The van der Waals surface area contributed by atoms with Crippen LogP contribution < -0.4 is 21.1 Å². The largest absolute Gasteiger partial charge is 0.497 e. The number of aryl methyl sites for hydroxylation is 1. The van der Waals surface area contributed by atoms with Crippen LogP contribution in [0, 0.1) is 0 Å². The zero-order chi connectivity index (χ0) is 19.1. The van der Waals surface area contributed by atoms with Crippen molar-refractivity contribution in [3.63, 3.8) is 0 Å². The summed E-state index contributed by atoms with van der Waals surface area (Å²) in [7, 11) is 1.57. The Bertz CT molecular complexity index is 833. The van der Waals surface area contributed by atoms with Crippen LogP contribution >= 0.6 is 0 Å². The zero-order valence-electron chi connectivity index (χ0n) is 15.6. The highest BCUT2D eigenvalue weighted by molar-refractivity contribution is 5.95. The highest BCUT2D eigenvalue weighted by Gasteiger charge is 2.13. The molecule has 2 aromatic rings. The summed E-state index contributed by atoms with van der Waals surface area (Å²) >= 11 is 0. The van der Waals surface area contributed by atoms with Gasteiger partial charge in [0.15, 0.2) is 5.96 Å². The third kappa shape index (κ3) is 5.00. The van der Waals surface area contributed by atoms with Gasteiger partial charge in [0.25, 0.3) is 5.91 Å². The maximum atomic E-state index is 12.1. The smallest absolute Gasteiger partial charge is 0.251 e. The number of carbonyl (C=O) groups excluding carboxylic acids is 1. The summed E-state index contributed by atoms with van der Waals surface area (Å²) < 4.78 is 5.13. The fraction of sp³-hybridized carbons (Fsp3) is 0.333. The predicted octanol–water partition coefficient (Wildman–Crippen LogP) is 2.73. The van der Waals surface area contributed by atoms with Crippen molar-refractivity contribution >= 4 is 17.6 Å². The first kappa shape index (κ1) is 18.8. The summed E-state index contributed by atoms with van der Waals surface area (Å²) in [5.41, 5.74) is 10.3. The number of methoxy groups -OCH3 is 1. The maximum Gasteiger partial charge on any atom is 0.251 e. The molecule has 1 aliphatic rings. The van der Waals surface area contributed by atoms with E-state index in [0.717, 1.165) is 18.5 Å². The number of anilines is 1. The van der Waals surface area contributed by atoms with Gasteiger partial charge in [-0.2, -0.15) is 0 Å². The number of hydrogen-bond acceptors (Lipinski definition) is 3. The van der Waals surface area contributed by atoms with Gasteiger partial charge in [-0.05, 0) is 61.1 Å². The summed E-state index contributed by atoms with van der Waals surface area (Å²) in [5, 5.41) is 6.04. The highest BCUT2D eigenvalue weighted by Crippen LogP contribution is 2.27. The summed E-state index contributed by atoms with van der Waals surface area (Å²) in [6.07, 6.45) is 4.65. The number of benzene rings is 2. The van der Waals surface area contributed by atoms with Crippen LogP contribution in [0.3, 0.4) is 0 Å². The lowest BCUT2D eigenvalue weighted by molar-refractivity contribution is 0.0954. The molecule has 1 amide bonds. The Kier molecular flexibility index (Phi) is 6.30. The van der Waals surface area contributed by atoms with E-state index in [1.807, 2.05) is 12.1 Å². The van der Waals surface area contributed by atoms with Gasteiger partial charge < -0.3 is 21.1 Å². The van der Waals surface area contributed by atoms with Crippen molar-refractivity contribution in [2.75, 3.05) is 25.5 Å². The first-order valence-electron chi connectivity index (χ1n) is 9.27. The van der Waals surface area contributed by atoms with E-state index < -0.39 is 0 Å². The van der Waals surface area contributed by atoms with Gasteiger partial charge in [-0.25, -0.2) is 0 Å². The van der Waals surface area contributed by atoms with Crippen LogP contribution in [0.25, 0.3) is 0 Å². The second-order valence-corrected chi connectivity index (χ2v) is 6.53. The normalized spacial score (nSPS) is 13.6. The molecule has 3 rings (SSSR count). The fourth-order valence-corrected chi connectivity index (χ4v) is 3.29. The van der Waals surface area contributed by atoms with Crippen LogP contribution in [0.2, 0.25) is 0 Å². The van der Waals surface area contributed by atoms with E-state index in [2.05, 4.69) is 21.7 Å². The van der Waals surface area contributed by atoms with Gasteiger partial charge >= 0.3 is 0 Å². The van der Waals surface area contributed by atoms with E-state index in [-0.39, 0.29) is 5.91 Å². The molecule has 0 bridgehead atoms. The number of aliphatic imine (C=N–C) groups is 1. The molecule has 0 saturated carbocycles. The number of nitrogens with zero attached hydrogens (tertiary/aromatic N) is 1. The lowest BCUT2D eigenvalue weighted by Gasteiger charge is -2.19. The number of hydrogen-bond donors (Lipinski definition) is 3. The zero-order valence-corrected chi connectivity index (χ0v) is 15.6. The monoisotopic (exact) mass is 366 g/mol. The average Bonchev–Trinajstić information content (AvgIpc) is 2.71. The minimum absolute atomic E-state index is 0.159. The molecule has 2 aromatic carbocycles. The van der Waals surface area contributed by atoms with E-state index in [1.165, 1.54) is 24.0 Å². The Morgan fingerprint density at radius 2 is 2.00 bits per heavy atom. The lowest BCUT2D eigenvalue weighted by atomic mass is 9.90. The Balaban J connectivity index is 1.50. The van der Waals surface area contributed by atoms with E-state index in [1.54, 1.807) is 31.4 Å². The highest BCUT2D eigenvalue weighted by atomic mass is 16.5. The Morgan fingerprint density at radius 3 is 2.85 bits per heavy atom. The van der Waals surface area contributed by atoms with E-state index >= 15 is 0 Å². The molecule has 0 saturated heterocycles. The minimum atomic E-state index is -0.159. The topological polar surface area (TPSA) is 88.7 Å². The van der Waals surface area contributed by atoms with Crippen LogP contribution in [0.1, 0.15) is 34.3 Å². The van der Waals surface area contributed by atoms with E-state index in [4.69, 9.17) is 10.5 Å². The van der Waals surface area contributed by atoms with Crippen molar-refractivity contribution in [3.8, 4) is 5.75 Å². The van der Waals surface area contributed by atoms with Crippen molar-refractivity contribution in [2.45, 2.75) is 25.7 Å². The van der Waals surface area contributed by atoms with Crippen LogP contribution in [0.15, 0.2) is 47.5 Å². The van der Waals surface area contributed by atoms with Crippen LogP contribution in [0.5, 0.6) is 5.75 Å². The molecule has 0 atom stereocenters. The van der Waals surface area contributed by atoms with Crippen molar-refractivity contribution in [2.24, 2.45) is 10.7 Å². The fourth-order valence-electron chi connectivity index (χ4n) is 3.29. The quantitative estimate of drug-likeness (QED) is 0.417. The van der Waals surface area contributed by atoms with Crippen molar-refractivity contribution in [1.82, 2.24) is 5.32 Å². The van der Waals surface area contributed by atoms with Crippen molar-refractivity contribution in [3.05, 3.63) is 59.2 Å². The number of carbonyl (C=O) groups is 1. The van der Waals surface area contributed by atoms with Crippen molar-refractivity contribution in [1.29, 1.82) is 0 Å². The Hall–Kier alpha value is -3.02. The molecule has 4 N–H and O–H groups in total. The minimum Gasteiger partial charge on any atom is -0.497 e. The van der Waals surface area contributed by atoms with E-state index in [0.29, 0.717) is 30.4 Å². The molecule has 27 heavy (non-hydrogen) atoms. The second-order valence-electron chi connectivity index (χ2n) is 6.53. The van der Waals surface area contributed by atoms with Gasteiger partial charge in [0, 0.05) is 17.8 Å². The molecule has 0 aromatic heterocycles. The Morgan fingerprint density at radius 1 is 1.19 bits per heavy atom. The molecule has 0 unspecified atom stereocenters. The molecule has 0 radical (unpaired) electrons. The molecule has 142 valence electrons. The number of rotatable bonds is 6.